The van der Waals surface area contributed by atoms with Crippen LogP contribution in [0, 0.1) is 12.7 Å². The molecular formula is C18H18ClFN4O3. The van der Waals surface area contributed by atoms with Gasteiger partial charge < -0.3 is 15.4 Å². The van der Waals surface area contributed by atoms with E-state index in [9.17, 15) is 14.0 Å². The van der Waals surface area contributed by atoms with E-state index in [1.54, 1.807) is 19.1 Å². The van der Waals surface area contributed by atoms with Crippen LogP contribution in [0.15, 0.2) is 42.6 Å². The van der Waals surface area contributed by atoms with Crippen molar-refractivity contribution in [3.8, 4) is 5.75 Å². The van der Waals surface area contributed by atoms with E-state index < -0.39 is 17.6 Å². The van der Waals surface area contributed by atoms with Crippen LogP contribution in [0.1, 0.15) is 22.6 Å². The molecule has 142 valence electrons. The average molecular weight is 393 g/mol. The minimum Gasteiger partial charge on any atom is -0.484 e. The number of ether oxygens (including phenoxy) is 1. The maximum atomic E-state index is 13.3. The summed E-state index contributed by atoms with van der Waals surface area (Å²) in [7, 11) is 0. The van der Waals surface area contributed by atoms with Crippen LogP contribution in [0.2, 0.25) is 5.02 Å². The van der Waals surface area contributed by atoms with Gasteiger partial charge in [-0.25, -0.2) is 4.39 Å². The number of rotatable bonds is 8. The Morgan fingerprint density at radius 3 is 2.70 bits per heavy atom. The summed E-state index contributed by atoms with van der Waals surface area (Å²) in [4.78, 5) is 23.7. The molecule has 2 aromatic rings. The molecule has 0 radical (unpaired) electrons. The molecule has 2 N–H and O–H groups in total. The Hall–Kier alpha value is -3.00. The zero-order valence-electron chi connectivity index (χ0n) is 14.6. The summed E-state index contributed by atoms with van der Waals surface area (Å²) in [5.41, 5.74) is 1.30. The van der Waals surface area contributed by atoms with Gasteiger partial charge in [0.25, 0.3) is 11.8 Å². The number of amides is 2. The third-order valence-electron chi connectivity index (χ3n) is 3.33. The van der Waals surface area contributed by atoms with Crippen molar-refractivity contribution in [1.29, 1.82) is 0 Å². The third kappa shape index (κ3) is 6.67. The highest BCUT2D eigenvalue weighted by atomic mass is 35.5. The van der Waals surface area contributed by atoms with Crippen molar-refractivity contribution >= 4 is 23.4 Å². The minimum atomic E-state index is -0.625. The molecule has 0 atom stereocenters. The number of hydrogen-bond donors (Lipinski definition) is 2. The number of aryl methyl sites for hydroxylation is 1. The highest BCUT2D eigenvalue weighted by Crippen LogP contribution is 2.20. The molecule has 1 aromatic heterocycles. The lowest BCUT2D eigenvalue weighted by Gasteiger charge is -2.10. The maximum Gasteiger partial charge on any atom is 0.275 e. The molecule has 1 heterocycles. The highest BCUT2D eigenvalue weighted by Gasteiger charge is 2.09. The van der Waals surface area contributed by atoms with Crippen molar-refractivity contribution in [2.45, 2.75) is 13.3 Å². The van der Waals surface area contributed by atoms with Crippen LogP contribution in [-0.2, 0) is 4.79 Å². The van der Waals surface area contributed by atoms with Crippen LogP contribution < -0.4 is 15.4 Å². The summed E-state index contributed by atoms with van der Waals surface area (Å²) < 4.78 is 18.5. The number of aromatic nitrogens is 2. The quantitative estimate of drug-likeness (QED) is 0.719. The van der Waals surface area contributed by atoms with Crippen LogP contribution >= 0.6 is 11.6 Å². The smallest absolute Gasteiger partial charge is 0.275 e. The Morgan fingerprint density at radius 2 is 2.04 bits per heavy atom. The van der Waals surface area contributed by atoms with E-state index in [0.29, 0.717) is 17.8 Å². The largest absolute Gasteiger partial charge is 0.484 e. The summed E-state index contributed by atoms with van der Waals surface area (Å²) in [5.74, 6) is -1.25. The molecule has 0 fully saturated rings. The van der Waals surface area contributed by atoms with Crippen LogP contribution in [0.25, 0.3) is 0 Å². The molecule has 0 saturated carbocycles. The van der Waals surface area contributed by atoms with Gasteiger partial charge in [-0.05, 0) is 31.2 Å². The molecule has 1 aromatic carbocycles. The maximum absolute atomic E-state index is 13.3. The van der Waals surface area contributed by atoms with Gasteiger partial charge >= 0.3 is 0 Å². The van der Waals surface area contributed by atoms with E-state index in [1.165, 1.54) is 12.1 Å². The molecule has 0 aliphatic rings. The lowest BCUT2D eigenvalue weighted by Crippen LogP contribution is -2.31. The number of carbonyl (C=O) groups is 2. The predicted octanol–water partition coefficient (Wildman–Crippen LogP) is 2.41. The molecule has 0 unspecified atom stereocenters. The van der Waals surface area contributed by atoms with Crippen molar-refractivity contribution in [3.63, 3.8) is 0 Å². The Labute approximate surface area is 160 Å². The van der Waals surface area contributed by atoms with Crippen molar-refractivity contribution in [2.24, 2.45) is 0 Å². The first-order chi connectivity index (χ1) is 12.8. The summed E-state index contributed by atoms with van der Waals surface area (Å²) in [6.07, 6.45) is 0.326. The summed E-state index contributed by atoms with van der Waals surface area (Å²) >= 11 is 5.57. The van der Waals surface area contributed by atoms with Crippen LogP contribution in [0.4, 0.5) is 4.39 Å². The molecule has 0 bridgehead atoms. The van der Waals surface area contributed by atoms with Crippen molar-refractivity contribution < 1.29 is 18.7 Å². The second-order valence-electron chi connectivity index (χ2n) is 5.58. The van der Waals surface area contributed by atoms with Gasteiger partial charge in [0.15, 0.2) is 12.3 Å². The lowest BCUT2D eigenvalue weighted by atomic mass is 10.3. The fourth-order valence-corrected chi connectivity index (χ4v) is 2.04. The highest BCUT2D eigenvalue weighted by molar-refractivity contribution is 6.30. The van der Waals surface area contributed by atoms with Gasteiger partial charge in [0.05, 0.1) is 10.7 Å². The van der Waals surface area contributed by atoms with E-state index in [2.05, 4.69) is 27.4 Å². The van der Waals surface area contributed by atoms with E-state index in [0.717, 1.165) is 6.07 Å². The zero-order valence-corrected chi connectivity index (χ0v) is 15.3. The first kappa shape index (κ1) is 20.3. The van der Waals surface area contributed by atoms with Gasteiger partial charge in [-0.15, -0.1) is 5.10 Å². The Kier molecular flexibility index (Phi) is 7.25. The van der Waals surface area contributed by atoms with E-state index in [-0.39, 0.29) is 29.6 Å². The normalized spacial score (nSPS) is 10.2. The summed E-state index contributed by atoms with van der Waals surface area (Å²) in [6, 6.07) is 7.14. The number of carbonyl (C=O) groups excluding carboxylic acids is 2. The van der Waals surface area contributed by atoms with E-state index in [1.807, 2.05) is 0 Å². The van der Waals surface area contributed by atoms with Crippen LogP contribution in [0.5, 0.6) is 5.75 Å². The molecule has 9 heteroatoms. The Morgan fingerprint density at radius 1 is 1.26 bits per heavy atom. The molecule has 27 heavy (non-hydrogen) atoms. The molecule has 2 amide bonds. The number of nitrogens with zero attached hydrogens (tertiary/aromatic N) is 2. The van der Waals surface area contributed by atoms with Gasteiger partial charge in [0.2, 0.25) is 0 Å². The predicted molar refractivity (Wildman–Crippen MR) is 97.9 cm³/mol. The van der Waals surface area contributed by atoms with Crippen LogP contribution in [0.3, 0.4) is 0 Å². The number of halogens is 2. The average Bonchev–Trinajstić information content (AvgIpc) is 2.63. The number of hydrogen-bond acceptors (Lipinski definition) is 5. The fraction of sp³-hybridized carbons (Fsp3) is 0.222. The Bertz CT molecular complexity index is 843. The van der Waals surface area contributed by atoms with Crippen molar-refractivity contribution in [3.05, 3.63) is 64.8 Å². The first-order valence-corrected chi connectivity index (χ1v) is 8.37. The summed E-state index contributed by atoms with van der Waals surface area (Å²) in [5, 5.41) is 12.8. The van der Waals surface area contributed by atoms with Gasteiger partial charge in [-0.3, -0.25) is 9.59 Å². The molecular weight excluding hydrogens is 375 g/mol. The summed E-state index contributed by atoms with van der Waals surface area (Å²) in [6.45, 7) is 5.46. The van der Waals surface area contributed by atoms with Gasteiger partial charge in [-0.1, -0.05) is 18.2 Å². The number of benzene rings is 1. The number of nitrogens with one attached hydrogen (secondary N) is 2. The van der Waals surface area contributed by atoms with E-state index >= 15 is 0 Å². The molecule has 2 rings (SSSR count). The Balaban J connectivity index is 1.68. The zero-order chi connectivity index (χ0) is 19.8. The first-order valence-electron chi connectivity index (χ1n) is 7.99. The van der Waals surface area contributed by atoms with Gasteiger partial charge in [0.1, 0.15) is 11.6 Å². The van der Waals surface area contributed by atoms with Crippen LogP contribution in [-0.4, -0.2) is 35.2 Å². The van der Waals surface area contributed by atoms with Crippen molar-refractivity contribution in [2.75, 3.05) is 13.2 Å². The molecule has 7 nitrogen and oxygen atoms in total. The molecule has 0 aliphatic carbocycles. The standard InChI is InChI=1S/C18H18ClFN4O3/c1-11(22-18(26)16-6-3-12(2)23-24-16)7-8-21-17(25)10-27-13-4-5-14(19)15(20)9-13/h3-6,9H,1,7-8,10H2,2H3,(H,21,25)(H,22,26). The van der Waals surface area contributed by atoms with E-state index in [4.69, 9.17) is 16.3 Å². The molecule has 0 spiro atoms. The minimum absolute atomic E-state index is 0.0241. The lowest BCUT2D eigenvalue weighted by molar-refractivity contribution is -0.123. The SMILES string of the molecule is C=C(CCNC(=O)COc1ccc(Cl)c(F)c1)NC(=O)c1ccc(C)nn1. The molecule has 0 aliphatic heterocycles. The molecule has 0 saturated heterocycles. The second-order valence-corrected chi connectivity index (χ2v) is 5.99. The third-order valence-corrected chi connectivity index (χ3v) is 3.64. The topological polar surface area (TPSA) is 93.2 Å². The van der Waals surface area contributed by atoms with Gasteiger partial charge in [0, 0.05) is 24.7 Å². The van der Waals surface area contributed by atoms with Crippen molar-refractivity contribution in [1.82, 2.24) is 20.8 Å². The van der Waals surface area contributed by atoms with Gasteiger partial charge in [-0.2, -0.15) is 5.10 Å². The second kappa shape index (κ2) is 9.63. The monoisotopic (exact) mass is 392 g/mol. The fourth-order valence-electron chi connectivity index (χ4n) is 1.93.